The first-order valence-corrected chi connectivity index (χ1v) is 7.49. The van der Waals surface area contributed by atoms with Crippen molar-refractivity contribution in [2.75, 3.05) is 7.05 Å². The van der Waals surface area contributed by atoms with E-state index in [0.717, 1.165) is 5.56 Å². The monoisotopic (exact) mass is 292 g/mol. The maximum Gasteiger partial charge on any atom is 0.260 e. The van der Waals surface area contributed by atoms with Crippen LogP contribution in [0.5, 0.6) is 0 Å². The van der Waals surface area contributed by atoms with Gasteiger partial charge < -0.3 is 5.73 Å². The van der Waals surface area contributed by atoms with Crippen molar-refractivity contribution in [3.63, 3.8) is 0 Å². The molecule has 20 heavy (non-hydrogen) atoms. The predicted molar refractivity (Wildman–Crippen MR) is 75.0 cm³/mol. The maximum atomic E-state index is 12.3. The molecule has 7 heteroatoms. The number of sulfonamides is 1. The summed E-state index contributed by atoms with van der Waals surface area (Å²) in [7, 11) is -2.12. The molecule has 0 saturated heterocycles. The van der Waals surface area contributed by atoms with Crippen LogP contribution in [-0.4, -0.2) is 29.7 Å². The Bertz CT molecular complexity index is 657. The number of rotatable bonds is 5. The van der Waals surface area contributed by atoms with Crippen LogP contribution in [0.4, 0.5) is 0 Å². The van der Waals surface area contributed by atoms with Gasteiger partial charge in [-0.15, -0.1) is 0 Å². The van der Waals surface area contributed by atoms with Gasteiger partial charge in [-0.1, -0.05) is 12.1 Å². The first-order chi connectivity index (χ1) is 9.54. The van der Waals surface area contributed by atoms with E-state index in [9.17, 15) is 8.42 Å². The highest BCUT2D eigenvalue weighted by Gasteiger charge is 2.22. The molecule has 0 aromatic carbocycles. The topological polar surface area (TPSA) is 89.2 Å². The highest BCUT2D eigenvalue weighted by molar-refractivity contribution is 7.89. The summed E-state index contributed by atoms with van der Waals surface area (Å²) in [5.41, 5.74) is 6.93. The van der Waals surface area contributed by atoms with Crippen molar-refractivity contribution in [3.05, 3.63) is 54.0 Å². The van der Waals surface area contributed by atoms with Crippen LogP contribution in [0, 0.1) is 0 Å². The summed E-state index contributed by atoms with van der Waals surface area (Å²) in [6.45, 7) is 0.528. The molecule has 0 unspecified atom stereocenters. The SMILES string of the molecule is CN(Cc1ccccn1)S(=O)(=O)c1ccc(CN)cn1. The third-order valence-corrected chi connectivity index (χ3v) is 4.54. The largest absolute Gasteiger partial charge is 0.326 e. The lowest BCUT2D eigenvalue weighted by Crippen LogP contribution is -2.27. The third-order valence-electron chi connectivity index (χ3n) is 2.82. The fourth-order valence-corrected chi connectivity index (χ4v) is 2.70. The Morgan fingerprint density at radius 1 is 1.20 bits per heavy atom. The van der Waals surface area contributed by atoms with Crippen molar-refractivity contribution >= 4 is 10.0 Å². The van der Waals surface area contributed by atoms with Gasteiger partial charge in [0.15, 0.2) is 5.03 Å². The quantitative estimate of drug-likeness (QED) is 0.878. The molecule has 0 saturated carbocycles. The standard InChI is InChI=1S/C13H16N4O2S/c1-17(10-12-4-2-3-7-15-12)20(18,19)13-6-5-11(8-14)9-16-13/h2-7,9H,8,10,14H2,1H3. The smallest absolute Gasteiger partial charge is 0.260 e. The van der Waals surface area contributed by atoms with Gasteiger partial charge in [-0.3, -0.25) is 4.98 Å². The van der Waals surface area contributed by atoms with E-state index in [1.54, 1.807) is 24.4 Å². The molecule has 0 fully saturated rings. The van der Waals surface area contributed by atoms with Gasteiger partial charge in [0.05, 0.1) is 12.2 Å². The average molecular weight is 292 g/mol. The van der Waals surface area contributed by atoms with E-state index in [1.807, 2.05) is 6.07 Å². The molecule has 0 amide bonds. The summed E-state index contributed by atoms with van der Waals surface area (Å²) < 4.78 is 25.9. The number of aromatic nitrogens is 2. The Balaban J connectivity index is 2.20. The van der Waals surface area contributed by atoms with Gasteiger partial charge in [-0.25, -0.2) is 13.4 Å². The molecule has 0 radical (unpaired) electrons. The zero-order chi connectivity index (χ0) is 14.6. The molecule has 2 aromatic rings. The molecule has 0 aliphatic rings. The number of nitrogens with zero attached hydrogens (tertiary/aromatic N) is 3. The molecular weight excluding hydrogens is 276 g/mol. The number of hydrogen-bond acceptors (Lipinski definition) is 5. The van der Waals surface area contributed by atoms with Gasteiger partial charge >= 0.3 is 0 Å². The molecule has 2 heterocycles. The molecule has 6 nitrogen and oxygen atoms in total. The van der Waals surface area contributed by atoms with E-state index < -0.39 is 10.0 Å². The molecule has 106 valence electrons. The molecule has 0 bridgehead atoms. The Labute approximate surface area is 118 Å². The van der Waals surface area contributed by atoms with Gasteiger partial charge in [-0.2, -0.15) is 4.31 Å². The molecule has 0 spiro atoms. The minimum Gasteiger partial charge on any atom is -0.326 e. The molecule has 0 aliphatic heterocycles. The van der Waals surface area contributed by atoms with Crippen molar-refractivity contribution in [3.8, 4) is 0 Å². The Morgan fingerprint density at radius 3 is 2.55 bits per heavy atom. The first-order valence-electron chi connectivity index (χ1n) is 6.05. The van der Waals surface area contributed by atoms with Crippen LogP contribution >= 0.6 is 0 Å². The Hall–Kier alpha value is -1.83. The molecule has 0 atom stereocenters. The summed E-state index contributed by atoms with van der Waals surface area (Å²) in [5.74, 6) is 0. The van der Waals surface area contributed by atoms with Crippen molar-refractivity contribution in [1.29, 1.82) is 0 Å². The lowest BCUT2D eigenvalue weighted by molar-refractivity contribution is 0.459. The third kappa shape index (κ3) is 3.19. The zero-order valence-corrected chi connectivity index (χ0v) is 11.9. The molecule has 2 N–H and O–H groups in total. The average Bonchev–Trinajstić information content (AvgIpc) is 2.48. The van der Waals surface area contributed by atoms with Crippen molar-refractivity contribution in [2.24, 2.45) is 5.73 Å². The van der Waals surface area contributed by atoms with Gasteiger partial charge in [0.1, 0.15) is 0 Å². The lowest BCUT2D eigenvalue weighted by atomic mass is 10.3. The van der Waals surface area contributed by atoms with Crippen LogP contribution in [0.1, 0.15) is 11.3 Å². The number of nitrogens with two attached hydrogens (primary N) is 1. The van der Waals surface area contributed by atoms with Crippen LogP contribution < -0.4 is 5.73 Å². The summed E-state index contributed by atoms with van der Waals surface area (Å²) in [5, 5.41) is 0.00753. The summed E-state index contributed by atoms with van der Waals surface area (Å²) in [6, 6.07) is 8.50. The van der Waals surface area contributed by atoms with E-state index in [0.29, 0.717) is 12.2 Å². The van der Waals surface area contributed by atoms with Crippen molar-refractivity contribution < 1.29 is 8.42 Å². The summed E-state index contributed by atoms with van der Waals surface area (Å²) in [6.07, 6.45) is 3.10. The Morgan fingerprint density at radius 2 is 2.00 bits per heavy atom. The van der Waals surface area contributed by atoms with Crippen LogP contribution in [0.2, 0.25) is 0 Å². The summed E-state index contributed by atoms with van der Waals surface area (Å²) in [4.78, 5) is 8.06. The fraction of sp³-hybridized carbons (Fsp3) is 0.231. The normalized spacial score (nSPS) is 11.8. The number of hydrogen-bond donors (Lipinski definition) is 1. The van der Waals surface area contributed by atoms with Crippen LogP contribution in [-0.2, 0) is 23.1 Å². The molecule has 0 aliphatic carbocycles. The summed E-state index contributed by atoms with van der Waals surface area (Å²) >= 11 is 0. The molecule has 2 rings (SSSR count). The maximum absolute atomic E-state index is 12.3. The second kappa shape index (κ2) is 6.08. The van der Waals surface area contributed by atoms with Gasteiger partial charge in [-0.05, 0) is 23.8 Å². The van der Waals surface area contributed by atoms with Crippen LogP contribution in [0.3, 0.4) is 0 Å². The van der Waals surface area contributed by atoms with Crippen LogP contribution in [0.25, 0.3) is 0 Å². The van der Waals surface area contributed by atoms with Crippen molar-refractivity contribution in [2.45, 2.75) is 18.1 Å². The second-order valence-electron chi connectivity index (χ2n) is 4.29. The molecule has 2 aromatic heterocycles. The van der Waals surface area contributed by atoms with E-state index in [1.165, 1.54) is 23.6 Å². The van der Waals surface area contributed by atoms with E-state index >= 15 is 0 Å². The van der Waals surface area contributed by atoms with E-state index in [2.05, 4.69) is 9.97 Å². The minimum atomic E-state index is -3.62. The molecular formula is C13H16N4O2S. The Kier molecular flexibility index (Phi) is 4.43. The highest BCUT2D eigenvalue weighted by Crippen LogP contribution is 2.14. The predicted octanol–water partition coefficient (Wildman–Crippen LogP) is 0.756. The van der Waals surface area contributed by atoms with Crippen molar-refractivity contribution in [1.82, 2.24) is 14.3 Å². The van der Waals surface area contributed by atoms with Gasteiger partial charge in [0, 0.05) is 26.0 Å². The lowest BCUT2D eigenvalue weighted by Gasteiger charge is -2.16. The fourth-order valence-electron chi connectivity index (χ4n) is 1.65. The number of pyridine rings is 2. The van der Waals surface area contributed by atoms with E-state index in [-0.39, 0.29) is 11.6 Å². The first kappa shape index (κ1) is 14.6. The van der Waals surface area contributed by atoms with Crippen LogP contribution in [0.15, 0.2) is 47.8 Å². The highest BCUT2D eigenvalue weighted by atomic mass is 32.2. The second-order valence-corrected chi connectivity index (χ2v) is 6.28. The van der Waals surface area contributed by atoms with E-state index in [4.69, 9.17) is 5.73 Å². The van der Waals surface area contributed by atoms with Gasteiger partial charge in [0.25, 0.3) is 10.0 Å². The zero-order valence-electron chi connectivity index (χ0n) is 11.1. The minimum absolute atomic E-state index is 0.00753. The van der Waals surface area contributed by atoms with Gasteiger partial charge in [0.2, 0.25) is 0 Å².